The number of benzene rings is 6. The molecule has 0 saturated carbocycles. The molecule has 3 aromatic heterocycles. The van der Waals surface area contributed by atoms with Crippen LogP contribution in [-0.4, -0.2) is 19.9 Å². The summed E-state index contributed by atoms with van der Waals surface area (Å²) in [4.78, 5) is 19.5. The summed E-state index contributed by atoms with van der Waals surface area (Å²) in [6, 6.07) is 49.3. The summed E-state index contributed by atoms with van der Waals surface area (Å²) >= 11 is 1.72. The second-order valence-electron chi connectivity index (χ2n) is 11.1. The molecule has 5 nitrogen and oxygen atoms in total. The van der Waals surface area contributed by atoms with Crippen LogP contribution < -0.4 is 0 Å². The maximum Gasteiger partial charge on any atom is 0.164 e. The van der Waals surface area contributed by atoms with Gasteiger partial charge in [0.1, 0.15) is 16.2 Å². The molecule has 0 N–H and O–H groups in total. The highest BCUT2D eigenvalue weighted by Gasteiger charge is 2.17. The number of hydrogen-bond acceptors (Lipinski definition) is 6. The number of rotatable bonds is 5. The molecular weight excluding hydrogens is 585 g/mol. The minimum atomic E-state index is 0.597. The van der Waals surface area contributed by atoms with E-state index in [2.05, 4.69) is 54.6 Å². The van der Waals surface area contributed by atoms with Gasteiger partial charge in [0.25, 0.3) is 0 Å². The van der Waals surface area contributed by atoms with E-state index >= 15 is 0 Å². The highest BCUT2D eigenvalue weighted by atomic mass is 32.1. The summed E-state index contributed by atoms with van der Waals surface area (Å²) in [5.74, 6) is 1.86. The van der Waals surface area contributed by atoms with E-state index in [0.29, 0.717) is 17.5 Å². The third kappa shape index (κ3) is 4.64. The molecule has 0 atom stereocenters. The summed E-state index contributed by atoms with van der Waals surface area (Å²) in [5.41, 5.74) is 8.75. The van der Waals surface area contributed by atoms with Gasteiger partial charge in [0.05, 0.1) is 10.2 Å². The number of furan rings is 1. The van der Waals surface area contributed by atoms with Gasteiger partial charge in [-0.05, 0) is 41.5 Å². The minimum absolute atomic E-state index is 0.597. The molecular formula is C40H24N4OS. The van der Waals surface area contributed by atoms with E-state index in [1.54, 1.807) is 11.3 Å². The Morgan fingerprint density at radius 2 is 1.04 bits per heavy atom. The molecule has 3 heterocycles. The SMILES string of the molecule is c1ccc(-c2nc(-c3ccccc3)nc(-c3ccc4c(c3)oc3cccc(-c5ccc6nc(-c7ccccc7)sc6c5)c34)n2)cc1. The van der Waals surface area contributed by atoms with Crippen LogP contribution in [0.1, 0.15) is 0 Å². The largest absolute Gasteiger partial charge is 0.456 e. The molecule has 6 aromatic carbocycles. The van der Waals surface area contributed by atoms with E-state index in [4.69, 9.17) is 24.4 Å². The van der Waals surface area contributed by atoms with Gasteiger partial charge in [0.2, 0.25) is 0 Å². The lowest BCUT2D eigenvalue weighted by Crippen LogP contribution is -2.00. The molecule has 0 unspecified atom stereocenters. The van der Waals surface area contributed by atoms with Gasteiger partial charge in [-0.3, -0.25) is 0 Å². The second-order valence-corrected chi connectivity index (χ2v) is 12.1. The first-order chi connectivity index (χ1) is 22.8. The van der Waals surface area contributed by atoms with Gasteiger partial charge in [-0.1, -0.05) is 115 Å². The minimum Gasteiger partial charge on any atom is -0.456 e. The Morgan fingerprint density at radius 3 is 1.72 bits per heavy atom. The van der Waals surface area contributed by atoms with Crippen molar-refractivity contribution < 1.29 is 4.42 Å². The fourth-order valence-corrected chi connectivity index (χ4v) is 6.95. The number of aromatic nitrogens is 4. The zero-order chi connectivity index (χ0) is 30.5. The topological polar surface area (TPSA) is 64.7 Å². The van der Waals surface area contributed by atoms with E-state index < -0.39 is 0 Å². The molecule has 6 heteroatoms. The highest BCUT2D eigenvalue weighted by Crippen LogP contribution is 2.40. The standard InChI is InChI=1S/C40H24N4OS/c1-4-11-25(12-5-1)37-42-38(26-13-6-2-7-14-26)44-39(43-37)29-19-21-31-34(23-29)45-33-18-10-17-30(36(31)33)28-20-22-32-35(24-28)46-40(41-32)27-15-8-3-9-16-27/h1-24H. The van der Waals surface area contributed by atoms with Gasteiger partial charge in [-0.2, -0.15) is 0 Å². The van der Waals surface area contributed by atoms with Crippen molar-refractivity contribution in [3.05, 3.63) is 146 Å². The zero-order valence-corrected chi connectivity index (χ0v) is 25.3. The molecule has 9 rings (SSSR count). The molecule has 0 radical (unpaired) electrons. The summed E-state index contributed by atoms with van der Waals surface area (Å²) < 4.78 is 7.63. The molecule has 0 aliphatic rings. The van der Waals surface area contributed by atoms with Crippen LogP contribution in [0.4, 0.5) is 0 Å². The Morgan fingerprint density at radius 1 is 0.435 bits per heavy atom. The van der Waals surface area contributed by atoms with E-state index in [9.17, 15) is 0 Å². The van der Waals surface area contributed by atoms with Gasteiger partial charge in [0.15, 0.2) is 17.5 Å². The molecule has 0 aliphatic carbocycles. The number of hydrogen-bond donors (Lipinski definition) is 0. The van der Waals surface area contributed by atoms with Crippen LogP contribution in [0.2, 0.25) is 0 Å². The van der Waals surface area contributed by atoms with E-state index in [0.717, 1.165) is 70.5 Å². The summed E-state index contributed by atoms with van der Waals surface area (Å²) in [5, 5.41) is 3.16. The summed E-state index contributed by atoms with van der Waals surface area (Å²) in [7, 11) is 0. The van der Waals surface area contributed by atoms with Gasteiger partial charge < -0.3 is 4.42 Å². The van der Waals surface area contributed by atoms with Crippen LogP contribution in [0.15, 0.2) is 150 Å². The quantitative estimate of drug-likeness (QED) is 0.194. The first-order valence-corrected chi connectivity index (χ1v) is 15.9. The Labute approximate surface area is 268 Å². The van der Waals surface area contributed by atoms with E-state index in [-0.39, 0.29) is 0 Å². The van der Waals surface area contributed by atoms with Crippen LogP contribution in [0.25, 0.3) is 88.0 Å². The van der Waals surface area contributed by atoms with Crippen molar-refractivity contribution in [2.75, 3.05) is 0 Å². The van der Waals surface area contributed by atoms with Crippen molar-refractivity contribution in [3.63, 3.8) is 0 Å². The van der Waals surface area contributed by atoms with Crippen LogP contribution in [0.5, 0.6) is 0 Å². The van der Waals surface area contributed by atoms with Gasteiger partial charge in [-0.25, -0.2) is 19.9 Å². The maximum atomic E-state index is 6.48. The van der Waals surface area contributed by atoms with Crippen LogP contribution >= 0.6 is 11.3 Å². The fraction of sp³-hybridized carbons (Fsp3) is 0. The Kier molecular flexibility index (Phi) is 6.25. The van der Waals surface area contributed by atoms with Crippen molar-refractivity contribution >= 4 is 43.5 Å². The predicted octanol–water partition coefficient (Wildman–Crippen LogP) is 10.7. The highest BCUT2D eigenvalue weighted by molar-refractivity contribution is 7.21. The summed E-state index contributed by atoms with van der Waals surface area (Å²) in [6.07, 6.45) is 0. The normalized spacial score (nSPS) is 11.5. The molecule has 0 fully saturated rings. The molecule has 0 aliphatic heterocycles. The molecule has 216 valence electrons. The Bertz CT molecular complexity index is 2470. The zero-order valence-electron chi connectivity index (χ0n) is 24.5. The van der Waals surface area contributed by atoms with Crippen LogP contribution in [0, 0.1) is 0 Å². The Hall–Kier alpha value is -5.98. The lowest BCUT2D eigenvalue weighted by Gasteiger charge is -2.08. The van der Waals surface area contributed by atoms with Crippen LogP contribution in [-0.2, 0) is 0 Å². The van der Waals surface area contributed by atoms with Crippen molar-refractivity contribution in [2.45, 2.75) is 0 Å². The third-order valence-corrected chi connectivity index (χ3v) is 9.24. The number of fused-ring (bicyclic) bond motifs is 4. The van der Waals surface area contributed by atoms with Crippen molar-refractivity contribution in [2.24, 2.45) is 0 Å². The van der Waals surface area contributed by atoms with E-state index in [1.165, 1.54) is 0 Å². The molecule has 0 bridgehead atoms. The van der Waals surface area contributed by atoms with Gasteiger partial charge >= 0.3 is 0 Å². The molecule has 0 saturated heterocycles. The lowest BCUT2D eigenvalue weighted by molar-refractivity contribution is 0.669. The Balaban J connectivity index is 1.16. The number of thiazole rings is 1. The maximum absolute atomic E-state index is 6.48. The van der Waals surface area contributed by atoms with Gasteiger partial charge in [-0.15, -0.1) is 11.3 Å². The lowest BCUT2D eigenvalue weighted by atomic mass is 9.99. The average Bonchev–Trinajstić information content (AvgIpc) is 3.73. The monoisotopic (exact) mass is 608 g/mol. The van der Waals surface area contributed by atoms with Gasteiger partial charge in [0, 0.05) is 33.0 Å². The average molecular weight is 609 g/mol. The predicted molar refractivity (Wildman–Crippen MR) is 187 cm³/mol. The summed E-state index contributed by atoms with van der Waals surface area (Å²) in [6.45, 7) is 0. The van der Waals surface area contributed by atoms with Crippen molar-refractivity contribution in [3.8, 4) is 55.9 Å². The van der Waals surface area contributed by atoms with Crippen molar-refractivity contribution in [1.82, 2.24) is 19.9 Å². The number of nitrogens with zero attached hydrogens (tertiary/aromatic N) is 4. The fourth-order valence-electron chi connectivity index (χ4n) is 5.94. The molecule has 0 amide bonds. The third-order valence-electron chi connectivity index (χ3n) is 8.17. The van der Waals surface area contributed by atoms with Crippen molar-refractivity contribution in [1.29, 1.82) is 0 Å². The first-order valence-electron chi connectivity index (χ1n) is 15.1. The smallest absolute Gasteiger partial charge is 0.164 e. The molecule has 9 aromatic rings. The first kappa shape index (κ1) is 26.4. The molecule has 46 heavy (non-hydrogen) atoms. The van der Waals surface area contributed by atoms with Crippen LogP contribution in [0.3, 0.4) is 0 Å². The molecule has 0 spiro atoms. The van der Waals surface area contributed by atoms with E-state index in [1.807, 2.05) is 91.0 Å². The second kappa shape index (κ2) is 10.9.